The molecule has 1 aliphatic heterocycles. The molecule has 0 aromatic heterocycles. The summed E-state index contributed by atoms with van der Waals surface area (Å²) in [5.74, 6) is 0. The molecule has 1 unspecified atom stereocenters. The number of amides is 2. The van der Waals surface area contributed by atoms with Crippen LogP contribution in [0.5, 0.6) is 0 Å². The highest BCUT2D eigenvalue weighted by atomic mass is 16.5. The van der Waals surface area contributed by atoms with Crippen molar-refractivity contribution in [1.82, 2.24) is 10.2 Å². The second-order valence-corrected chi connectivity index (χ2v) is 5.22. The maximum absolute atomic E-state index is 12.2. The summed E-state index contributed by atoms with van der Waals surface area (Å²) in [5, 5.41) is 2.96. The van der Waals surface area contributed by atoms with Gasteiger partial charge in [-0.3, -0.25) is 0 Å². The van der Waals surface area contributed by atoms with Gasteiger partial charge in [0.1, 0.15) is 0 Å². The van der Waals surface area contributed by atoms with E-state index in [2.05, 4.69) is 17.4 Å². The number of urea groups is 1. The second-order valence-electron chi connectivity index (χ2n) is 5.22. The zero-order valence-corrected chi connectivity index (χ0v) is 11.6. The Hall–Kier alpha value is -1.55. The molecule has 104 valence electrons. The molecule has 1 atom stereocenters. The molecular formula is C15H22N2O2. The van der Waals surface area contributed by atoms with Crippen LogP contribution in [0.3, 0.4) is 0 Å². The molecule has 1 heterocycles. The summed E-state index contributed by atoms with van der Waals surface area (Å²) >= 11 is 0. The topological polar surface area (TPSA) is 41.6 Å². The van der Waals surface area contributed by atoms with E-state index in [4.69, 9.17) is 4.74 Å². The Labute approximate surface area is 114 Å². The molecule has 0 saturated carbocycles. The van der Waals surface area contributed by atoms with Crippen LogP contribution in [-0.2, 0) is 11.2 Å². The normalized spacial score (nSPS) is 19.5. The monoisotopic (exact) mass is 262 g/mol. The first-order chi connectivity index (χ1) is 9.16. The Balaban J connectivity index is 2.01. The Morgan fingerprint density at radius 1 is 1.42 bits per heavy atom. The third-order valence-electron chi connectivity index (χ3n) is 3.21. The van der Waals surface area contributed by atoms with Crippen LogP contribution in [-0.4, -0.2) is 42.8 Å². The average Bonchev–Trinajstić information content (AvgIpc) is 2.39. The molecule has 0 aliphatic carbocycles. The van der Waals surface area contributed by atoms with Gasteiger partial charge in [-0.15, -0.1) is 0 Å². The van der Waals surface area contributed by atoms with Gasteiger partial charge in [-0.1, -0.05) is 30.3 Å². The average molecular weight is 262 g/mol. The molecule has 0 spiro atoms. The minimum atomic E-state index is 0.0132. The van der Waals surface area contributed by atoms with Crippen molar-refractivity contribution in [3.05, 3.63) is 35.9 Å². The molecule has 4 nitrogen and oxygen atoms in total. The number of carbonyl (C=O) groups is 1. The summed E-state index contributed by atoms with van der Waals surface area (Å²) in [4.78, 5) is 14.1. The van der Waals surface area contributed by atoms with Crippen molar-refractivity contribution >= 4 is 6.03 Å². The van der Waals surface area contributed by atoms with Crippen molar-refractivity contribution < 1.29 is 9.53 Å². The number of nitrogens with one attached hydrogen (secondary N) is 1. The van der Waals surface area contributed by atoms with Gasteiger partial charge in [-0.2, -0.15) is 0 Å². The lowest BCUT2D eigenvalue weighted by Crippen LogP contribution is -2.54. The van der Waals surface area contributed by atoms with Gasteiger partial charge in [0.2, 0.25) is 0 Å². The summed E-state index contributed by atoms with van der Waals surface area (Å²) in [6.45, 7) is 5.85. The minimum absolute atomic E-state index is 0.0132. The summed E-state index contributed by atoms with van der Waals surface area (Å²) < 4.78 is 5.52. The summed E-state index contributed by atoms with van der Waals surface area (Å²) in [6, 6.07) is 10.5. The van der Waals surface area contributed by atoms with Gasteiger partial charge in [-0.05, 0) is 25.8 Å². The fourth-order valence-corrected chi connectivity index (χ4v) is 2.31. The predicted molar refractivity (Wildman–Crippen MR) is 75.1 cm³/mol. The maximum Gasteiger partial charge on any atom is 0.318 e. The Kier molecular flexibility index (Phi) is 4.80. The molecule has 19 heavy (non-hydrogen) atoms. The van der Waals surface area contributed by atoms with Crippen LogP contribution in [0.15, 0.2) is 30.3 Å². The molecule has 4 heteroatoms. The van der Waals surface area contributed by atoms with Gasteiger partial charge in [0, 0.05) is 12.6 Å². The Bertz CT molecular complexity index is 406. The van der Waals surface area contributed by atoms with E-state index in [9.17, 15) is 4.79 Å². The van der Waals surface area contributed by atoms with Gasteiger partial charge in [0.15, 0.2) is 0 Å². The molecule has 1 N–H and O–H groups in total. The molecule has 0 radical (unpaired) electrons. The molecule has 2 amide bonds. The summed E-state index contributed by atoms with van der Waals surface area (Å²) in [6.07, 6.45) is 0.840. The molecular weight excluding hydrogens is 240 g/mol. The van der Waals surface area contributed by atoms with E-state index in [0.717, 1.165) is 6.42 Å². The van der Waals surface area contributed by atoms with Crippen molar-refractivity contribution in [3.8, 4) is 0 Å². The largest absolute Gasteiger partial charge is 0.377 e. The Morgan fingerprint density at radius 3 is 2.84 bits per heavy atom. The van der Waals surface area contributed by atoms with E-state index in [0.29, 0.717) is 19.8 Å². The number of nitrogens with zero attached hydrogens (tertiary/aromatic N) is 1. The maximum atomic E-state index is 12.2. The number of ether oxygens (including phenoxy) is 1. The molecule has 1 aromatic carbocycles. The molecule has 1 aromatic rings. The molecule has 0 bridgehead atoms. The predicted octanol–water partition coefficient (Wildman–Crippen LogP) is 2.05. The van der Waals surface area contributed by atoms with Crippen molar-refractivity contribution in [3.63, 3.8) is 0 Å². The van der Waals surface area contributed by atoms with Crippen molar-refractivity contribution in [2.24, 2.45) is 0 Å². The first-order valence-electron chi connectivity index (χ1n) is 6.85. The van der Waals surface area contributed by atoms with Crippen molar-refractivity contribution in [2.45, 2.75) is 32.4 Å². The lowest BCUT2D eigenvalue weighted by molar-refractivity contribution is 0.0123. The molecule has 1 aliphatic rings. The van der Waals surface area contributed by atoms with Crippen LogP contribution in [0.25, 0.3) is 0 Å². The number of hydrogen-bond donors (Lipinski definition) is 1. The number of rotatable bonds is 3. The number of hydrogen-bond acceptors (Lipinski definition) is 2. The standard InChI is InChI=1S/C15H22N2O2/c1-12(2)16-15(18)17-8-9-19-11-14(17)10-13-6-4-3-5-7-13/h3-7,12,14H,8-11H2,1-2H3,(H,16,18). The van der Waals surface area contributed by atoms with Crippen LogP contribution in [0.4, 0.5) is 4.79 Å². The molecule has 1 saturated heterocycles. The second kappa shape index (κ2) is 6.57. The summed E-state index contributed by atoms with van der Waals surface area (Å²) in [7, 11) is 0. The van der Waals surface area contributed by atoms with Crippen molar-refractivity contribution in [2.75, 3.05) is 19.8 Å². The van der Waals surface area contributed by atoms with Crippen LogP contribution in [0.1, 0.15) is 19.4 Å². The number of morpholine rings is 1. The van der Waals surface area contributed by atoms with E-state index in [1.54, 1.807) is 0 Å². The van der Waals surface area contributed by atoms with Crippen LogP contribution < -0.4 is 5.32 Å². The zero-order valence-electron chi connectivity index (χ0n) is 11.6. The van der Waals surface area contributed by atoms with Crippen LogP contribution >= 0.6 is 0 Å². The van der Waals surface area contributed by atoms with E-state index in [1.807, 2.05) is 36.9 Å². The molecule has 2 rings (SSSR count). The number of carbonyl (C=O) groups excluding carboxylic acids is 1. The number of benzene rings is 1. The third-order valence-corrected chi connectivity index (χ3v) is 3.21. The van der Waals surface area contributed by atoms with Gasteiger partial charge in [0.25, 0.3) is 0 Å². The lowest BCUT2D eigenvalue weighted by atomic mass is 10.0. The fraction of sp³-hybridized carbons (Fsp3) is 0.533. The minimum Gasteiger partial charge on any atom is -0.377 e. The van der Waals surface area contributed by atoms with E-state index in [1.165, 1.54) is 5.56 Å². The van der Waals surface area contributed by atoms with E-state index >= 15 is 0 Å². The first-order valence-corrected chi connectivity index (χ1v) is 6.85. The highest BCUT2D eigenvalue weighted by Crippen LogP contribution is 2.13. The SMILES string of the molecule is CC(C)NC(=O)N1CCOCC1Cc1ccccc1. The quantitative estimate of drug-likeness (QED) is 0.906. The Morgan fingerprint density at radius 2 is 2.16 bits per heavy atom. The highest BCUT2D eigenvalue weighted by Gasteiger charge is 2.27. The van der Waals surface area contributed by atoms with E-state index < -0.39 is 0 Å². The van der Waals surface area contributed by atoms with E-state index in [-0.39, 0.29) is 18.1 Å². The lowest BCUT2D eigenvalue weighted by Gasteiger charge is -2.36. The van der Waals surface area contributed by atoms with Crippen molar-refractivity contribution in [1.29, 1.82) is 0 Å². The smallest absolute Gasteiger partial charge is 0.318 e. The zero-order chi connectivity index (χ0) is 13.7. The van der Waals surface area contributed by atoms with Gasteiger partial charge in [0.05, 0.1) is 19.3 Å². The summed E-state index contributed by atoms with van der Waals surface area (Å²) in [5.41, 5.74) is 1.24. The van der Waals surface area contributed by atoms with Crippen LogP contribution in [0.2, 0.25) is 0 Å². The van der Waals surface area contributed by atoms with Gasteiger partial charge < -0.3 is 15.0 Å². The molecule has 1 fully saturated rings. The highest BCUT2D eigenvalue weighted by molar-refractivity contribution is 5.75. The fourth-order valence-electron chi connectivity index (χ4n) is 2.31. The van der Waals surface area contributed by atoms with Gasteiger partial charge in [-0.25, -0.2) is 4.79 Å². The third kappa shape index (κ3) is 3.96. The van der Waals surface area contributed by atoms with Crippen LogP contribution in [0, 0.1) is 0 Å². The van der Waals surface area contributed by atoms with Gasteiger partial charge >= 0.3 is 6.03 Å². The first kappa shape index (κ1) is 13.9.